The summed E-state index contributed by atoms with van der Waals surface area (Å²) in [6.45, 7) is 6.63. The molecule has 6 heteroatoms. The first-order chi connectivity index (χ1) is 13.1. The van der Waals surface area contributed by atoms with Crippen molar-refractivity contribution in [2.45, 2.75) is 27.4 Å². The van der Waals surface area contributed by atoms with Gasteiger partial charge in [-0.3, -0.25) is 4.79 Å². The molecule has 1 aromatic heterocycles. The average molecular weight is 382 g/mol. The molecule has 5 nitrogen and oxygen atoms in total. The zero-order valence-electron chi connectivity index (χ0n) is 15.6. The number of aromatic nitrogens is 1. The largest absolute Gasteiger partial charge is 0.492 e. The summed E-state index contributed by atoms with van der Waals surface area (Å²) in [5, 5.41) is 3.67. The summed E-state index contributed by atoms with van der Waals surface area (Å²) in [6, 6.07) is 15.2. The molecule has 0 aliphatic heterocycles. The molecular weight excluding hydrogens is 360 g/mol. The number of para-hydroxylation sites is 2. The van der Waals surface area contributed by atoms with Gasteiger partial charge >= 0.3 is 0 Å². The molecule has 0 saturated carbocycles. The van der Waals surface area contributed by atoms with Gasteiger partial charge < -0.3 is 14.8 Å². The lowest BCUT2D eigenvalue weighted by atomic mass is 10.2. The zero-order valence-corrected chi connectivity index (χ0v) is 16.4. The van der Waals surface area contributed by atoms with Gasteiger partial charge in [-0.25, -0.2) is 4.98 Å². The zero-order chi connectivity index (χ0) is 19.2. The highest BCUT2D eigenvalue weighted by Gasteiger charge is 2.17. The number of nitrogens with zero attached hydrogens (tertiary/aromatic N) is 1. The highest BCUT2D eigenvalue weighted by molar-refractivity contribution is 7.13. The SMILES string of the molecule is CCOc1ccccc1NC(=O)c1sc(COc2ccc(C)cc2)nc1C. The van der Waals surface area contributed by atoms with Crippen LogP contribution in [0.4, 0.5) is 5.69 Å². The van der Waals surface area contributed by atoms with E-state index in [-0.39, 0.29) is 5.91 Å². The van der Waals surface area contributed by atoms with Crippen LogP contribution in [0, 0.1) is 13.8 Å². The summed E-state index contributed by atoms with van der Waals surface area (Å²) in [5.41, 5.74) is 2.52. The maximum absolute atomic E-state index is 12.7. The Balaban J connectivity index is 1.68. The second-order valence-electron chi connectivity index (χ2n) is 6.01. The highest BCUT2D eigenvalue weighted by Crippen LogP contribution is 2.26. The normalized spacial score (nSPS) is 10.5. The highest BCUT2D eigenvalue weighted by atomic mass is 32.1. The van der Waals surface area contributed by atoms with Crippen molar-refractivity contribution in [2.24, 2.45) is 0 Å². The van der Waals surface area contributed by atoms with Gasteiger partial charge in [0.25, 0.3) is 5.91 Å². The van der Waals surface area contributed by atoms with E-state index < -0.39 is 0 Å². The summed E-state index contributed by atoms with van der Waals surface area (Å²) in [5.74, 6) is 1.24. The van der Waals surface area contributed by atoms with E-state index >= 15 is 0 Å². The number of aryl methyl sites for hydroxylation is 2. The van der Waals surface area contributed by atoms with E-state index in [4.69, 9.17) is 9.47 Å². The molecular formula is C21H22N2O3S. The number of ether oxygens (including phenoxy) is 2. The fraction of sp³-hybridized carbons (Fsp3) is 0.238. The first-order valence-electron chi connectivity index (χ1n) is 8.75. The Morgan fingerprint density at radius 3 is 2.56 bits per heavy atom. The third-order valence-electron chi connectivity index (χ3n) is 3.87. The van der Waals surface area contributed by atoms with E-state index in [1.165, 1.54) is 16.9 Å². The van der Waals surface area contributed by atoms with Crippen LogP contribution < -0.4 is 14.8 Å². The van der Waals surface area contributed by atoms with Crippen molar-refractivity contribution >= 4 is 22.9 Å². The first-order valence-corrected chi connectivity index (χ1v) is 9.57. The number of rotatable bonds is 7. The minimum atomic E-state index is -0.196. The molecule has 3 aromatic rings. The smallest absolute Gasteiger partial charge is 0.267 e. The third kappa shape index (κ3) is 4.86. The van der Waals surface area contributed by atoms with Gasteiger partial charge in [0.1, 0.15) is 28.0 Å². The summed E-state index contributed by atoms with van der Waals surface area (Å²) < 4.78 is 11.3. The van der Waals surface area contributed by atoms with Gasteiger partial charge in [-0.05, 0) is 45.0 Å². The molecule has 0 aliphatic rings. The predicted molar refractivity (Wildman–Crippen MR) is 108 cm³/mol. The van der Waals surface area contributed by atoms with Crippen LogP contribution in [-0.2, 0) is 6.61 Å². The molecule has 0 atom stereocenters. The number of amides is 1. The lowest BCUT2D eigenvalue weighted by molar-refractivity contribution is 0.102. The number of thiazole rings is 1. The summed E-state index contributed by atoms with van der Waals surface area (Å²) in [7, 11) is 0. The van der Waals surface area contributed by atoms with Crippen LogP contribution >= 0.6 is 11.3 Å². The standard InChI is InChI=1S/C21H22N2O3S/c1-4-25-18-8-6-5-7-17(18)23-21(24)20-15(3)22-19(27-20)13-26-16-11-9-14(2)10-12-16/h5-12H,4,13H2,1-3H3,(H,23,24). The van der Waals surface area contributed by atoms with Gasteiger partial charge in [-0.1, -0.05) is 29.8 Å². The van der Waals surface area contributed by atoms with E-state index in [1.54, 1.807) is 0 Å². The summed E-state index contributed by atoms with van der Waals surface area (Å²) >= 11 is 1.34. The van der Waals surface area contributed by atoms with E-state index in [1.807, 2.05) is 69.3 Å². The summed E-state index contributed by atoms with van der Waals surface area (Å²) in [4.78, 5) is 17.7. The van der Waals surface area contributed by atoms with Gasteiger partial charge in [0.2, 0.25) is 0 Å². The van der Waals surface area contributed by atoms with Gasteiger partial charge in [0.15, 0.2) is 0 Å². The molecule has 1 amide bonds. The van der Waals surface area contributed by atoms with Crippen molar-refractivity contribution in [3.05, 3.63) is 69.7 Å². The molecule has 0 radical (unpaired) electrons. The number of anilines is 1. The second kappa shape index (κ2) is 8.68. The lowest BCUT2D eigenvalue weighted by Crippen LogP contribution is -2.12. The second-order valence-corrected chi connectivity index (χ2v) is 7.09. The molecule has 2 aromatic carbocycles. The van der Waals surface area contributed by atoms with Gasteiger partial charge in [0, 0.05) is 0 Å². The van der Waals surface area contributed by atoms with Gasteiger partial charge in [-0.15, -0.1) is 11.3 Å². The fourth-order valence-electron chi connectivity index (χ4n) is 2.53. The minimum absolute atomic E-state index is 0.196. The minimum Gasteiger partial charge on any atom is -0.492 e. The van der Waals surface area contributed by atoms with Crippen LogP contribution in [0.5, 0.6) is 11.5 Å². The Labute approximate surface area is 163 Å². The van der Waals surface area contributed by atoms with Crippen molar-refractivity contribution in [3.8, 4) is 11.5 Å². The Hall–Kier alpha value is -2.86. The van der Waals surface area contributed by atoms with Gasteiger partial charge in [-0.2, -0.15) is 0 Å². The van der Waals surface area contributed by atoms with Crippen molar-refractivity contribution < 1.29 is 14.3 Å². The molecule has 27 heavy (non-hydrogen) atoms. The van der Waals surface area contributed by atoms with Crippen LogP contribution in [0.25, 0.3) is 0 Å². The lowest BCUT2D eigenvalue weighted by Gasteiger charge is -2.10. The molecule has 3 rings (SSSR count). The van der Waals surface area contributed by atoms with Crippen LogP contribution in [0.3, 0.4) is 0 Å². The Kier molecular flexibility index (Phi) is 6.08. The fourth-order valence-corrected chi connectivity index (χ4v) is 3.41. The number of benzene rings is 2. The maximum atomic E-state index is 12.7. The molecule has 1 N–H and O–H groups in total. The number of hydrogen-bond donors (Lipinski definition) is 1. The van der Waals surface area contributed by atoms with E-state index in [0.717, 1.165) is 10.8 Å². The van der Waals surface area contributed by atoms with Gasteiger partial charge in [0.05, 0.1) is 18.0 Å². The molecule has 0 bridgehead atoms. The average Bonchev–Trinajstić information content (AvgIpc) is 3.04. The van der Waals surface area contributed by atoms with E-state index in [2.05, 4.69) is 10.3 Å². The maximum Gasteiger partial charge on any atom is 0.267 e. The van der Waals surface area contributed by atoms with Crippen LogP contribution in [0.15, 0.2) is 48.5 Å². The molecule has 0 unspecified atom stereocenters. The molecule has 1 heterocycles. The number of hydrogen-bond acceptors (Lipinski definition) is 5. The number of nitrogens with one attached hydrogen (secondary N) is 1. The van der Waals surface area contributed by atoms with Crippen LogP contribution in [0.1, 0.15) is 32.9 Å². The summed E-state index contributed by atoms with van der Waals surface area (Å²) in [6.07, 6.45) is 0. The van der Waals surface area contributed by atoms with Crippen molar-refractivity contribution in [1.82, 2.24) is 4.98 Å². The molecule has 140 valence electrons. The van der Waals surface area contributed by atoms with Crippen LogP contribution in [-0.4, -0.2) is 17.5 Å². The first kappa shape index (κ1) is 18.9. The Morgan fingerprint density at radius 2 is 1.81 bits per heavy atom. The van der Waals surface area contributed by atoms with Crippen molar-refractivity contribution in [2.75, 3.05) is 11.9 Å². The molecule has 0 aliphatic carbocycles. The number of carbonyl (C=O) groups excluding carboxylic acids is 1. The number of carbonyl (C=O) groups is 1. The third-order valence-corrected chi connectivity index (χ3v) is 5.00. The topological polar surface area (TPSA) is 60.5 Å². The molecule has 0 spiro atoms. The molecule has 0 saturated heterocycles. The quantitative estimate of drug-likeness (QED) is 0.625. The Morgan fingerprint density at radius 1 is 1.07 bits per heavy atom. The predicted octanol–water partition coefficient (Wildman–Crippen LogP) is 4.99. The Bertz CT molecular complexity index is 919. The van der Waals surface area contributed by atoms with Crippen molar-refractivity contribution in [3.63, 3.8) is 0 Å². The molecule has 0 fully saturated rings. The van der Waals surface area contributed by atoms with Crippen molar-refractivity contribution in [1.29, 1.82) is 0 Å². The van der Waals surface area contributed by atoms with E-state index in [9.17, 15) is 4.79 Å². The van der Waals surface area contributed by atoms with E-state index in [0.29, 0.717) is 35.2 Å². The monoisotopic (exact) mass is 382 g/mol. The van der Waals surface area contributed by atoms with Crippen LogP contribution in [0.2, 0.25) is 0 Å².